The molecule has 0 aromatic rings. The Morgan fingerprint density at radius 3 is 1.65 bits per heavy atom. The van der Waals surface area contributed by atoms with Crippen LogP contribution >= 0.6 is 0 Å². The minimum Gasteiger partial charge on any atom is -0.396 e. The Labute approximate surface area is 127 Å². The second-order valence-corrected chi connectivity index (χ2v) is 7.98. The van der Waals surface area contributed by atoms with Crippen LogP contribution in [0.1, 0.15) is 61.3 Å². The highest BCUT2D eigenvalue weighted by Gasteiger charge is 2.24. The predicted molar refractivity (Wildman–Crippen MR) is 89.2 cm³/mol. The summed E-state index contributed by atoms with van der Waals surface area (Å²) in [5.41, 5.74) is 0.753. The van der Waals surface area contributed by atoms with Gasteiger partial charge in [-0.3, -0.25) is 4.90 Å². The van der Waals surface area contributed by atoms with Crippen molar-refractivity contribution in [1.29, 1.82) is 0 Å². The summed E-state index contributed by atoms with van der Waals surface area (Å²) >= 11 is 0. The van der Waals surface area contributed by atoms with Crippen molar-refractivity contribution in [2.45, 2.75) is 66.8 Å². The van der Waals surface area contributed by atoms with Crippen LogP contribution in [0.15, 0.2) is 0 Å². The minimum atomic E-state index is 0.331. The summed E-state index contributed by atoms with van der Waals surface area (Å²) in [6.45, 7) is 22.2. The molecule has 1 aliphatic rings. The van der Waals surface area contributed by atoms with E-state index in [2.05, 4.69) is 58.3 Å². The number of rotatable bonds is 3. The van der Waals surface area contributed by atoms with Crippen molar-refractivity contribution >= 4 is 0 Å². The number of aliphatic hydroxyl groups excluding tert-OH is 1. The van der Waals surface area contributed by atoms with Gasteiger partial charge >= 0.3 is 0 Å². The molecule has 1 rings (SSSR count). The molecule has 0 radical (unpaired) electrons. The van der Waals surface area contributed by atoms with Gasteiger partial charge in [-0.15, -0.1) is 0 Å². The molecule has 1 fully saturated rings. The second kappa shape index (κ2) is 9.01. The van der Waals surface area contributed by atoms with E-state index in [0.29, 0.717) is 17.6 Å². The first kappa shape index (κ1) is 19.9. The van der Waals surface area contributed by atoms with Gasteiger partial charge in [-0.1, -0.05) is 27.7 Å². The number of hydrogen-bond donors (Lipinski definition) is 1. The number of nitrogens with zero attached hydrogens (tertiary/aromatic N) is 2. The van der Waals surface area contributed by atoms with E-state index in [4.69, 9.17) is 5.11 Å². The summed E-state index contributed by atoms with van der Waals surface area (Å²) < 4.78 is 0. The monoisotopic (exact) mass is 286 g/mol. The molecule has 122 valence electrons. The molecule has 0 unspecified atom stereocenters. The smallest absolute Gasteiger partial charge is 0.0431 e. The number of likely N-dealkylation sites (N-methyl/N-ethyl adjacent to an activating group) is 1. The summed E-state index contributed by atoms with van der Waals surface area (Å²) in [6.07, 6.45) is 2.05. The van der Waals surface area contributed by atoms with Gasteiger partial charge in [0.05, 0.1) is 0 Å². The van der Waals surface area contributed by atoms with Crippen LogP contribution < -0.4 is 0 Å². The van der Waals surface area contributed by atoms with Crippen molar-refractivity contribution in [1.82, 2.24) is 9.80 Å². The maximum atomic E-state index is 8.43. The van der Waals surface area contributed by atoms with E-state index in [1.165, 1.54) is 32.7 Å². The fourth-order valence-electron chi connectivity index (χ4n) is 2.34. The maximum absolute atomic E-state index is 8.43. The third-order valence-corrected chi connectivity index (χ3v) is 3.85. The molecule has 0 aliphatic carbocycles. The Balaban J connectivity index is 0.000000396. The lowest BCUT2D eigenvalue weighted by atomic mass is 9.91. The van der Waals surface area contributed by atoms with Gasteiger partial charge < -0.3 is 10.0 Å². The van der Waals surface area contributed by atoms with Gasteiger partial charge in [0.1, 0.15) is 0 Å². The van der Waals surface area contributed by atoms with Gasteiger partial charge in [-0.05, 0) is 45.6 Å². The Morgan fingerprint density at radius 1 is 0.900 bits per heavy atom. The van der Waals surface area contributed by atoms with Gasteiger partial charge in [0, 0.05) is 38.3 Å². The van der Waals surface area contributed by atoms with E-state index in [9.17, 15) is 0 Å². The highest BCUT2D eigenvalue weighted by molar-refractivity contribution is 4.81. The fraction of sp³-hybridized carbons (Fsp3) is 1.00. The van der Waals surface area contributed by atoms with Crippen LogP contribution in [0.2, 0.25) is 0 Å². The quantitative estimate of drug-likeness (QED) is 0.863. The highest BCUT2D eigenvalue weighted by atomic mass is 16.2. The second-order valence-electron chi connectivity index (χ2n) is 7.98. The Morgan fingerprint density at radius 2 is 1.40 bits per heavy atom. The largest absolute Gasteiger partial charge is 0.396 e. The molecule has 3 nitrogen and oxygen atoms in total. The molecule has 0 bridgehead atoms. The lowest BCUT2D eigenvalue weighted by molar-refractivity contribution is 0.0648. The molecule has 1 heterocycles. The lowest BCUT2D eigenvalue weighted by Gasteiger charge is -2.42. The van der Waals surface area contributed by atoms with Crippen LogP contribution in [0.5, 0.6) is 0 Å². The summed E-state index contributed by atoms with van der Waals surface area (Å²) in [6, 6.07) is 0. The van der Waals surface area contributed by atoms with Crippen LogP contribution in [0, 0.1) is 5.41 Å². The Hall–Kier alpha value is -0.120. The maximum Gasteiger partial charge on any atom is 0.0431 e. The van der Waals surface area contributed by atoms with Crippen LogP contribution in [-0.4, -0.2) is 59.8 Å². The van der Waals surface area contributed by atoms with E-state index in [1.807, 2.05) is 0 Å². The van der Waals surface area contributed by atoms with Gasteiger partial charge in [-0.2, -0.15) is 0 Å². The van der Waals surface area contributed by atoms with Gasteiger partial charge in [0.2, 0.25) is 0 Å². The van der Waals surface area contributed by atoms with E-state index in [0.717, 1.165) is 12.8 Å². The zero-order valence-corrected chi connectivity index (χ0v) is 15.0. The normalized spacial score (nSPS) is 18.6. The minimum absolute atomic E-state index is 0.331. The molecule has 0 saturated carbocycles. The number of aliphatic hydroxyl groups is 1. The first-order valence-corrected chi connectivity index (χ1v) is 8.18. The number of piperazine rings is 1. The topological polar surface area (TPSA) is 26.7 Å². The first-order chi connectivity index (χ1) is 9.10. The Kier molecular flexibility index (Phi) is 8.96. The van der Waals surface area contributed by atoms with Gasteiger partial charge in [0.25, 0.3) is 0 Å². The molecule has 0 aromatic heterocycles. The molecule has 0 aromatic carbocycles. The molecular formula is C17H38N2O. The van der Waals surface area contributed by atoms with Crippen LogP contribution in [0.25, 0.3) is 0 Å². The summed E-state index contributed by atoms with van der Waals surface area (Å²) in [5.74, 6) is 0. The summed E-state index contributed by atoms with van der Waals surface area (Å²) in [5, 5.41) is 8.43. The van der Waals surface area contributed by atoms with E-state index >= 15 is 0 Å². The van der Waals surface area contributed by atoms with Crippen LogP contribution in [0.3, 0.4) is 0 Å². The van der Waals surface area contributed by atoms with Gasteiger partial charge in [0.15, 0.2) is 0 Å². The predicted octanol–water partition coefficient (Wildman–Crippen LogP) is 3.23. The van der Waals surface area contributed by atoms with Crippen molar-refractivity contribution in [3.8, 4) is 0 Å². The molecule has 3 heteroatoms. The van der Waals surface area contributed by atoms with Gasteiger partial charge in [-0.25, -0.2) is 0 Å². The first-order valence-electron chi connectivity index (χ1n) is 8.18. The van der Waals surface area contributed by atoms with Crippen molar-refractivity contribution in [2.75, 3.05) is 39.3 Å². The lowest BCUT2D eigenvalue weighted by Crippen LogP contribution is -2.53. The molecule has 1 saturated heterocycles. The molecule has 20 heavy (non-hydrogen) atoms. The van der Waals surface area contributed by atoms with Crippen molar-refractivity contribution in [2.24, 2.45) is 5.41 Å². The summed E-state index contributed by atoms with van der Waals surface area (Å²) in [7, 11) is 0. The zero-order chi connectivity index (χ0) is 15.8. The van der Waals surface area contributed by atoms with Crippen molar-refractivity contribution in [3.05, 3.63) is 0 Å². The van der Waals surface area contributed by atoms with E-state index in [-0.39, 0.29) is 0 Å². The molecule has 0 atom stereocenters. The average molecular weight is 287 g/mol. The molecule has 1 aliphatic heterocycles. The van der Waals surface area contributed by atoms with Crippen molar-refractivity contribution in [3.63, 3.8) is 0 Å². The summed E-state index contributed by atoms with van der Waals surface area (Å²) in [4.78, 5) is 5.08. The third kappa shape index (κ3) is 9.73. The molecule has 1 N–H and O–H groups in total. The van der Waals surface area contributed by atoms with E-state index in [1.54, 1.807) is 0 Å². The van der Waals surface area contributed by atoms with Crippen LogP contribution in [-0.2, 0) is 0 Å². The molecule has 0 amide bonds. The fourth-order valence-corrected chi connectivity index (χ4v) is 2.34. The average Bonchev–Trinajstić information content (AvgIpc) is 2.35. The Bertz CT molecular complexity index is 232. The molecule has 0 spiro atoms. The SMILES string of the molecule is CC(C)(C)CCCO.CCN1CCN(C(C)(C)C)CC1. The zero-order valence-electron chi connectivity index (χ0n) is 15.0. The number of hydrogen-bond acceptors (Lipinski definition) is 3. The van der Waals surface area contributed by atoms with Crippen LogP contribution in [0.4, 0.5) is 0 Å². The highest BCUT2D eigenvalue weighted by Crippen LogP contribution is 2.19. The van der Waals surface area contributed by atoms with Crippen molar-refractivity contribution < 1.29 is 5.11 Å². The standard InChI is InChI=1S/C10H22N2.C7H16O/c1-5-11-6-8-12(9-7-11)10(2,3)4;1-7(2,3)5-4-6-8/h5-9H2,1-4H3;8H,4-6H2,1-3H3. The third-order valence-electron chi connectivity index (χ3n) is 3.85. The van der Waals surface area contributed by atoms with E-state index < -0.39 is 0 Å². The molecular weight excluding hydrogens is 248 g/mol.